The van der Waals surface area contributed by atoms with E-state index in [0.29, 0.717) is 25.7 Å². The van der Waals surface area contributed by atoms with E-state index in [1.807, 2.05) is 41.5 Å². The zero-order chi connectivity index (χ0) is 38.6. The predicted molar refractivity (Wildman–Crippen MR) is 198 cm³/mol. The Bertz CT molecular complexity index is 1460. The predicted octanol–water partition coefficient (Wildman–Crippen LogP) is 4.02. The quantitative estimate of drug-likeness (QED) is 0.154. The zero-order valence-electron chi connectivity index (χ0n) is 32.4. The molecule has 1 heterocycles. The Kier molecular flexibility index (Phi) is 13.5. The third-order valence-corrected chi connectivity index (χ3v) is 13.6. The molecule has 4 atom stereocenters. The van der Waals surface area contributed by atoms with Crippen LogP contribution in [0.25, 0.3) is 0 Å². The van der Waals surface area contributed by atoms with Gasteiger partial charge in [0.05, 0.1) is 22.1 Å². The molecule has 2 saturated carbocycles. The molecule has 3 rings (SSSR count). The Morgan fingerprint density at radius 1 is 0.922 bits per heavy atom. The molecule has 288 valence electrons. The smallest absolute Gasteiger partial charge is 0.315 e. The number of hydrogen-bond acceptors (Lipinski definition) is 7. The van der Waals surface area contributed by atoms with E-state index in [-0.39, 0.29) is 24.8 Å². The van der Waals surface area contributed by atoms with Gasteiger partial charge in [-0.25, -0.2) is 13.2 Å². The molecule has 1 aliphatic heterocycles. The van der Waals surface area contributed by atoms with Crippen LogP contribution in [0, 0.1) is 29.1 Å². The van der Waals surface area contributed by atoms with Crippen LogP contribution in [-0.2, 0) is 29.0 Å². The van der Waals surface area contributed by atoms with Crippen molar-refractivity contribution >= 4 is 39.4 Å². The number of hydrogen-bond donors (Lipinski definition) is 4. The average Bonchev–Trinajstić information content (AvgIpc) is 3.72. The second-order valence-corrected chi connectivity index (χ2v) is 20.4. The van der Waals surface area contributed by atoms with Crippen LogP contribution in [0.3, 0.4) is 0 Å². The highest BCUT2D eigenvalue weighted by Gasteiger charge is 2.51. The van der Waals surface area contributed by atoms with E-state index in [4.69, 9.17) is 6.42 Å². The summed E-state index contributed by atoms with van der Waals surface area (Å²) in [6.45, 7) is 16.2. The van der Waals surface area contributed by atoms with Gasteiger partial charge in [0, 0.05) is 23.9 Å². The Hall–Kier alpha value is -3.14. The lowest BCUT2D eigenvalue weighted by atomic mass is 9.75. The largest absolute Gasteiger partial charge is 0.347 e. The van der Waals surface area contributed by atoms with Gasteiger partial charge in [-0.2, -0.15) is 0 Å². The number of likely N-dealkylation sites (tertiary alicyclic amines) is 1. The normalized spacial score (nSPS) is 22.2. The minimum atomic E-state index is -3.59. The SMILES string of the molecule is C#CC(C)(C)[C@H]1CCN(C(=O)[C@@H](NC(=O)NC2(CS(=O)(=O)C(C)(C)C)CCCCC2)C(C)(C)C)[C@@H]1C(=O)N[C@@H](CCCC)C(=O)C(=O)NC1CC1. The molecule has 0 unspecified atom stereocenters. The minimum Gasteiger partial charge on any atom is -0.347 e. The molecule has 0 aromatic rings. The highest BCUT2D eigenvalue weighted by Crippen LogP contribution is 2.40. The van der Waals surface area contributed by atoms with Gasteiger partial charge in [-0.15, -0.1) is 12.3 Å². The van der Waals surface area contributed by atoms with Gasteiger partial charge in [-0.1, -0.05) is 59.8 Å². The molecule has 0 bridgehead atoms. The van der Waals surface area contributed by atoms with Gasteiger partial charge >= 0.3 is 6.03 Å². The molecule has 2 aliphatic carbocycles. The molecule has 1 saturated heterocycles. The van der Waals surface area contributed by atoms with Crippen molar-refractivity contribution in [3.05, 3.63) is 0 Å². The number of nitrogens with zero attached hydrogens (tertiary/aromatic N) is 1. The van der Waals surface area contributed by atoms with E-state index < -0.39 is 84.5 Å². The summed E-state index contributed by atoms with van der Waals surface area (Å²) in [4.78, 5) is 70.1. The second-order valence-electron chi connectivity index (χ2n) is 17.7. The number of carbonyl (C=O) groups is 5. The Morgan fingerprint density at radius 2 is 1.53 bits per heavy atom. The topological polar surface area (TPSA) is 171 Å². The molecule has 0 aromatic carbocycles. The highest BCUT2D eigenvalue weighted by atomic mass is 32.2. The van der Waals surface area contributed by atoms with E-state index in [1.54, 1.807) is 20.8 Å². The van der Waals surface area contributed by atoms with Crippen molar-refractivity contribution in [3.63, 3.8) is 0 Å². The maximum atomic E-state index is 14.6. The molecule has 4 N–H and O–H groups in total. The van der Waals surface area contributed by atoms with Crippen molar-refractivity contribution in [2.24, 2.45) is 16.7 Å². The number of rotatable bonds is 14. The second kappa shape index (κ2) is 16.3. The number of terminal acetylenes is 1. The zero-order valence-corrected chi connectivity index (χ0v) is 33.2. The number of ketones is 1. The molecular formula is C38H63N5O7S. The first-order valence-corrected chi connectivity index (χ1v) is 20.4. The maximum absolute atomic E-state index is 14.6. The van der Waals surface area contributed by atoms with Gasteiger partial charge in [0.15, 0.2) is 9.84 Å². The van der Waals surface area contributed by atoms with Crippen molar-refractivity contribution in [2.45, 2.75) is 167 Å². The Balaban J connectivity index is 1.91. The summed E-state index contributed by atoms with van der Waals surface area (Å²) in [5, 5.41) is 11.4. The van der Waals surface area contributed by atoms with Crippen molar-refractivity contribution in [1.29, 1.82) is 0 Å². The van der Waals surface area contributed by atoms with Crippen LogP contribution in [0.15, 0.2) is 0 Å². The van der Waals surface area contributed by atoms with Gasteiger partial charge in [0.25, 0.3) is 5.91 Å². The first kappa shape index (κ1) is 42.3. The highest BCUT2D eigenvalue weighted by molar-refractivity contribution is 7.92. The molecule has 3 fully saturated rings. The van der Waals surface area contributed by atoms with Crippen LogP contribution in [-0.4, -0.2) is 89.6 Å². The maximum Gasteiger partial charge on any atom is 0.315 e. The summed E-state index contributed by atoms with van der Waals surface area (Å²) in [6.07, 6.45) is 13.1. The first-order valence-electron chi connectivity index (χ1n) is 18.7. The molecule has 5 amide bonds. The summed E-state index contributed by atoms with van der Waals surface area (Å²) < 4.78 is 25.7. The third-order valence-electron chi connectivity index (χ3n) is 10.8. The summed E-state index contributed by atoms with van der Waals surface area (Å²) in [5.74, 6) is -0.421. The van der Waals surface area contributed by atoms with Gasteiger partial charge in [-0.3, -0.25) is 19.2 Å². The fourth-order valence-corrected chi connectivity index (χ4v) is 8.66. The van der Waals surface area contributed by atoms with Crippen LogP contribution in [0.5, 0.6) is 0 Å². The van der Waals surface area contributed by atoms with E-state index in [9.17, 15) is 32.4 Å². The number of nitrogens with one attached hydrogen (secondary N) is 4. The number of unbranched alkanes of at least 4 members (excludes halogenated alkanes) is 1. The van der Waals surface area contributed by atoms with Crippen LogP contribution in [0.4, 0.5) is 4.79 Å². The number of urea groups is 1. The lowest BCUT2D eigenvalue weighted by Gasteiger charge is -2.41. The minimum absolute atomic E-state index is 0.0253. The Morgan fingerprint density at radius 3 is 2.04 bits per heavy atom. The lowest BCUT2D eigenvalue weighted by molar-refractivity contribution is -0.145. The third kappa shape index (κ3) is 10.7. The molecule has 0 spiro atoms. The van der Waals surface area contributed by atoms with E-state index in [2.05, 4.69) is 27.2 Å². The van der Waals surface area contributed by atoms with Crippen molar-refractivity contribution in [1.82, 2.24) is 26.2 Å². The first-order chi connectivity index (χ1) is 23.5. The van der Waals surface area contributed by atoms with Crippen molar-refractivity contribution in [3.8, 4) is 12.3 Å². The number of carbonyl (C=O) groups excluding carboxylic acids is 5. The number of sulfone groups is 1. The van der Waals surface area contributed by atoms with E-state index >= 15 is 0 Å². The van der Waals surface area contributed by atoms with Gasteiger partial charge in [0.1, 0.15) is 12.1 Å². The van der Waals surface area contributed by atoms with Gasteiger partial charge < -0.3 is 26.2 Å². The lowest BCUT2D eigenvalue weighted by Crippen LogP contribution is -2.64. The monoisotopic (exact) mass is 733 g/mol. The van der Waals surface area contributed by atoms with Gasteiger partial charge in [-0.05, 0) is 78.6 Å². The molecule has 12 nitrogen and oxygen atoms in total. The van der Waals surface area contributed by atoms with E-state index in [1.165, 1.54) is 4.90 Å². The standard InChI is InChI=1S/C38H63N5O7S/c1-11-13-17-27(29(44)32(46)39-25-18-19-25)40-31(45)28-26(37(9,10)12-2)20-23-43(28)33(47)30(35(3,4)5)41-34(48)42-38(21-15-14-16-22-38)24-51(49,50)36(6,7)8/h2,25-28,30H,11,13-24H2,1,3-10H3,(H,39,46)(H,40,45)(H2,41,42,48)/t26-,27-,28-,30+/m0/s1. The fourth-order valence-electron chi connectivity index (χ4n) is 7.14. The number of Topliss-reactive ketones (excluding diaryl/α,β-unsaturated/α-hetero) is 1. The summed E-state index contributed by atoms with van der Waals surface area (Å²) >= 11 is 0. The van der Waals surface area contributed by atoms with Gasteiger partial charge in [0.2, 0.25) is 17.6 Å². The van der Waals surface area contributed by atoms with E-state index in [0.717, 1.165) is 38.5 Å². The molecular weight excluding hydrogens is 671 g/mol. The van der Waals surface area contributed by atoms with Crippen LogP contribution >= 0.6 is 0 Å². The van der Waals surface area contributed by atoms with Crippen molar-refractivity contribution < 1.29 is 32.4 Å². The molecule has 51 heavy (non-hydrogen) atoms. The molecule has 0 aromatic heterocycles. The fraction of sp³-hybridized carbons (Fsp3) is 0.816. The number of amides is 5. The molecule has 0 radical (unpaired) electrons. The molecule has 13 heteroatoms. The van der Waals surface area contributed by atoms with Crippen LogP contribution < -0.4 is 21.3 Å². The Labute approximate surface area is 306 Å². The van der Waals surface area contributed by atoms with Crippen LogP contribution in [0.2, 0.25) is 0 Å². The summed E-state index contributed by atoms with van der Waals surface area (Å²) in [6, 6.07) is -3.91. The average molecular weight is 734 g/mol. The summed E-state index contributed by atoms with van der Waals surface area (Å²) in [5.41, 5.74) is -2.60. The molecule has 3 aliphatic rings. The summed E-state index contributed by atoms with van der Waals surface area (Å²) in [7, 11) is -3.59. The van der Waals surface area contributed by atoms with Crippen LogP contribution in [0.1, 0.15) is 133 Å². The van der Waals surface area contributed by atoms with Crippen molar-refractivity contribution in [2.75, 3.05) is 12.3 Å².